The highest BCUT2D eigenvalue weighted by molar-refractivity contribution is 5.89. The topological polar surface area (TPSA) is 76.2 Å². The third kappa shape index (κ3) is 3.77. The first-order valence-corrected chi connectivity index (χ1v) is 8.46. The van der Waals surface area contributed by atoms with E-state index in [1.54, 1.807) is 36.9 Å². The maximum atomic E-state index is 11.2. The zero-order valence-electron chi connectivity index (χ0n) is 14.4. The molecule has 2 aromatic heterocycles. The summed E-state index contributed by atoms with van der Waals surface area (Å²) in [7, 11) is 0. The monoisotopic (exact) mass is 356 g/mol. The Morgan fingerprint density at radius 1 is 0.963 bits per heavy atom. The van der Waals surface area contributed by atoms with Gasteiger partial charge in [0.05, 0.1) is 18.1 Å². The summed E-state index contributed by atoms with van der Waals surface area (Å²) < 4.78 is 5.11. The molecule has 132 valence electrons. The summed E-state index contributed by atoms with van der Waals surface area (Å²) in [4.78, 5) is 20.3. The van der Waals surface area contributed by atoms with E-state index in [9.17, 15) is 9.90 Å². The number of furan rings is 1. The highest BCUT2D eigenvalue weighted by Gasteiger charge is 2.08. The van der Waals surface area contributed by atoms with E-state index in [4.69, 9.17) is 4.42 Å². The van der Waals surface area contributed by atoms with Gasteiger partial charge in [-0.2, -0.15) is 0 Å². The highest BCUT2D eigenvalue weighted by Crippen LogP contribution is 2.25. The van der Waals surface area contributed by atoms with Crippen LogP contribution in [0, 0.1) is 0 Å². The number of aromatic carboxylic acids is 1. The van der Waals surface area contributed by atoms with Crippen LogP contribution in [0.25, 0.3) is 22.5 Å². The minimum atomic E-state index is -0.941. The fourth-order valence-electron chi connectivity index (χ4n) is 2.91. The molecule has 0 unspecified atom stereocenters. The molecule has 0 spiro atoms. The van der Waals surface area contributed by atoms with Crippen LogP contribution in [0.15, 0.2) is 83.8 Å². The van der Waals surface area contributed by atoms with Crippen LogP contribution >= 0.6 is 0 Å². The molecule has 2 heterocycles. The number of benzene rings is 2. The lowest BCUT2D eigenvalue weighted by Gasteiger charge is -2.07. The van der Waals surface area contributed by atoms with Gasteiger partial charge in [-0.15, -0.1) is 0 Å². The number of hydrogen-bond acceptors (Lipinski definition) is 4. The van der Waals surface area contributed by atoms with Crippen LogP contribution in [0.2, 0.25) is 0 Å². The Hall–Kier alpha value is -3.73. The van der Waals surface area contributed by atoms with Gasteiger partial charge in [-0.1, -0.05) is 30.3 Å². The van der Waals surface area contributed by atoms with Crippen molar-refractivity contribution in [3.8, 4) is 22.5 Å². The fraction of sp³-hybridized carbons (Fsp3) is 0.0455. The van der Waals surface area contributed by atoms with Gasteiger partial charge in [-0.3, -0.25) is 0 Å². The normalized spacial score (nSPS) is 10.7. The van der Waals surface area contributed by atoms with Gasteiger partial charge in [0.15, 0.2) is 5.82 Å². The average molecular weight is 356 g/mol. The zero-order valence-corrected chi connectivity index (χ0v) is 14.4. The van der Waals surface area contributed by atoms with E-state index < -0.39 is 5.97 Å². The second-order valence-electron chi connectivity index (χ2n) is 6.15. The number of nitrogens with zero attached hydrogens (tertiary/aromatic N) is 2. The lowest BCUT2D eigenvalue weighted by Crippen LogP contribution is -1.97. The number of carboxylic acids is 1. The SMILES string of the molecule is O=C(O)c1cccc(-c2cccc(-c3nccc(Cc4ccoc4)n3)c2)c1. The van der Waals surface area contributed by atoms with Gasteiger partial charge in [0.2, 0.25) is 0 Å². The second-order valence-corrected chi connectivity index (χ2v) is 6.15. The van der Waals surface area contributed by atoms with Gasteiger partial charge in [0.25, 0.3) is 0 Å². The molecule has 4 aromatic rings. The Kier molecular flexibility index (Phi) is 4.49. The molecule has 5 heteroatoms. The second kappa shape index (κ2) is 7.25. The summed E-state index contributed by atoms with van der Waals surface area (Å²) in [5.41, 5.74) is 4.85. The molecule has 5 nitrogen and oxygen atoms in total. The van der Waals surface area contributed by atoms with E-state index in [0.29, 0.717) is 12.2 Å². The Bertz CT molecular complexity index is 1090. The third-order valence-electron chi connectivity index (χ3n) is 4.24. The summed E-state index contributed by atoms with van der Waals surface area (Å²) >= 11 is 0. The van der Waals surface area contributed by atoms with Crippen LogP contribution in [0.5, 0.6) is 0 Å². The standard InChI is InChI=1S/C22H16N2O3/c25-22(26)19-6-2-4-17(13-19)16-3-1-5-18(12-16)21-23-9-7-20(24-21)11-15-8-10-27-14-15/h1-10,12-14H,11H2,(H,25,26). The molecule has 0 saturated heterocycles. The van der Waals surface area contributed by atoms with Gasteiger partial charge < -0.3 is 9.52 Å². The molecule has 0 saturated carbocycles. The largest absolute Gasteiger partial charge is 0.478 e. The first-order chi connectivity index (χ1) is 13.2. The highest BCUT2D eigenvalue weighted by atomic mass is 16.4. The number of carboxylic acid groups (broad SMARTS) is 1. The molecular weight excluding hydrogens is 340 g/mol. The Balaban J connectivity index is 1.67. The summed E-state index contributed by atoms with van der Waals surface area (Å²) in [5.74, 6) is -0.310. The quantitative estimate of drug-likeness (QED) is 0.561. The van der Waals surface area contributed by atoms with Crippen molar-refractivity contribution >= 4 is 5.97 Å². The first kappa shape index (κ1) is 16.7. The molecule has 2 aromatic carbocycles. The van der Waals surface area contributed by atoms with Crippen molar-refractivity contribution in [3.05, 3.63) is 96.2 Å². The van der Waals surface area contributed by atoms with Gasteiger partial charge in [0, 0.05) is 23.9 Å². The molecule has 0 atom stereocenters. The van der Waals surface area contributed by atoms with Gasteiger partial charge in [-0.05, 0) is 47.0 Å². The molecule has 0 radical (unpaired) electrons. The third-order valence-corrected chi connectivity index (χ3v) is 4.24. The molecular formula is C22H16N2O3. The van der Waals surface area contributed by atoms with Crippen LogP contribution in [0.1, 0.15) is 21.6 Å². The van der Waals surface area contributed by atoms with Gasteiger partial charge in [0.1, 0.15) is 0 Å². The van der Waals surface area contributed by atoms with E-state index in [2.05, 4.69) is 9.97 Å². The lowest BCUT2D eigenvalue weighted by molar-refractivity contribution is 0.0697. The summed E-state index contributed by atoms with van der Waals surface area (Å²) in [6, 6.07) is 18.5. The molecule has 1 N–H and O–H groups in total. The molecule has 4 rings (SSSR count). The smallest absolute Gasteiger partial charge is 0.335 e. The molecule has 0 bridgehead atoms. The predicted octanol–water partition coefficient (Wildman–Crippen LogP) is 4.69. The van der Waals surface area contributed by atoms with E-state index in [1.807, 2.05) is 42.5 Å². The van der Waals surface area contributed by atoms with Crippen LogP contribution in [-0.2, 0) is 6.42 Å². The van der Waals surface area contributed by atoms with E-state index >= 15 is 0 Å². The van der Waals surface area contributed by atoms with Crippen LogP contribution in [-0.4, -0.2) is 21.0 Å². The number of hydrogen-bond donors (Lipinski definition) is 1. The number of aromatic nitrogens is 2. The average Bonchev–Trinajstić information content (AvgIpc) is 3.21. The summed E-state index contributed by atoms with van der Waals surface area (Å²) in [6.45, 7) is 0. The Labute approximate surface area is 156 Å². The van der Waals surface area contributed by atoms with Gasteiger partial charge in [-0.25, -0.2) is 14.8 Å². The Morgan fingerprint density at radius 3 is 2.52 bits per heavy atom. The zero-order chi connectivity index (χ0) is 18.6. The predicted molar refractivity (Wildman–Crippen MR) is 101 cm³/mol. The van der Waals surface area contributed by atoms with Crippen molar-refractivity contribution in [1.29, 1.82) is 0 Å². The van der Waals surface area contributed by atoms with E-state index in [-0.39, 0.29) is 5.56 Å². The number of carbonyl (C=O) groups is 1. The van der Waals surface area contributed by atoms with Crippen molar-refractivity contribution in [1.82, 2.24) is 9.97 Å². The lowest BCUT2D eigenvalue weighted by atomic mass is 10.0. The van der Waals surface area contributed by atoms with E-state index in [1.165, 1.54) is 0 Å². The van der Waals surface area contributed by atoms with Crippen LogP contribution in [0.3, 0.4) is 0 Å². The van der Waals surface area contributed by atoms with Crippen molar-refractivity contribution in [2.45, 2.75) is 6.42 Å². The van der Waals surface area contributed by atoms with Crippen molar-refractivity contribution in [2.75, 3.05) is 0 Å². The van der Waals surface area contributed by atoms with E-state index in [0.717, 1.165) is 27.9 Å². The van der Waals surface area contributed by atoms with Crippen LogP contribution < -0.4 is 0 Å². The van der Waals surface area contributed by atoms with Crippen molar-refractivity contribution < 1.29 is 14.3 Å². The molecule has 0 aliphatic heterocycles. The Morgan fingerprint density at radius 2 is 1.74 bits per heavy atom. The molecule has 0 aliphatic carbocycles. The number of rotatable bonds is 5. The minimum absolute atomic E-state index is 0.260. The van der Waals surface area contributed by atoms with Crippen LogP contribution in [0.4, 0.5) is 0 Å². The molecule has 0 amide bonds. The maximum absolute atomic E-state index is 11.2. The summed E-state index contributed by atoms with van der Waals surface area (Å²) in [6.07, 6.45) is 5.77. The summed E-state index contributed by atoms with van der Waals surface area (Å²) in [5, 5.41) is 9.20. The van der Waals surface area contributed by atoms with Crippen molar-refractivity contribution in [2.24, 2.45) is 0 Å². The molecule has 0 aliphatic rings. The molecule has 0 fully saturated rings. The minimum Gasteiger partial charge on any atom is -0.478 e. The van der Waals surface area contributed by atoms with Crippen molar-refractivity contribution in [3.63, 3.8) is 0 Å². The fourth-order valence-corrected chi connectivity index (χ4v) is 2.91. The first-order valence-electron chi connectivity index (χ1n) is 8.46. The molecule has 27 heavy (non-hydrogen) atoms. The van der Waals surface area contributed by atoms with Gasteiger partial charge >= 0.3 is 5.97 Å². The maximum Gasteiger partial charge on any atom is 0.335 e.